The number of hydrogen-bond acceptors (Lipinski definition) is 3. The fourth-order valence-electron chi connectivity index (χ4n) is 7.49. The van der Waals surface area contributed by atoms with Crippen LogP contribution in [0.2, 0.25) is 0 Å². The van der Waals surface area contributed by atoms with Gasteiger partial charge in [-0.1, -0.05) is 65.7 Å². The average molecular weight is 449 g/mol. The average Bonchev–Trinajstić information content (AvgIpc) is 3.04. The van der Waals surface area contributed by atoms with Crippen LogP contribution in [0, 0.1) is 47.3 Å². The third kappa shape index (κ3) is 4.90. The smallest absolute Gasteiger partial charge is 0.266 e. The lowest BCUT2D eigenvalue weighted by Gasteiger charge is -2.53. The van der Waals surface area contributed by atoms with Gasteiger partial charge in [-0.25, -0.2) is 0 Å². The van der Waals surface area contributed by atoms with E-state index in [4.69, 9.17) is 4.18 Å². The summed E-state index contributed by atoms with van der Waals surface area (Å²) in [5, 5.41) is 0. The zero-order valence-corrected chi connectivity index (χ0v) is 21.6. The van der Waals surface area contributed by atoms with Gasteiger partial charge in [-0.05, 0) is 91.6 Å². The van der Waals surface area contributed by atoms with Gasteiger partial charge in [-0.2, -0.15) is 8.42 Å². The molecule has 6 atom stereocenters. The number of hydrogen-bond donors (Lipinski definition) is 0. The van der Waals surface area contributed by atoms with E-state index in [9.17, 15) is 8.42 Å². The Morgan fingerprint density at radius 2 is 1.81 bits per heavy atom. The van der Waals surface area contributed by atoms with Crippen LogP contribution in [-0.4, -0.2) is 15.0 Å². The van der Waals surface area contributed by atoms with Crippen molar-refractivity contribution in [1.82, 2.24) is 0 Å². The Kier molecular flexibility index (Phi) is 7.33. The summed E-state index contributed by atoms with van der Waals surface area (Å²) in [5.41, 5.74) is 1.75. The van der Waals surface area contributed by atoms with Crippen molar-refractivity contribution in [2.45, 2.75) is 91.9 Å². The predicted octanol–water partition coefficient (Wildman–Crippen LogP) is 7.24. The molecular formula is C27H44O3S. The molecule has 1 aromatic rings. The maximum atomic E-state index is 12.7. The molecule has 0 aliphatic heterocycles. The molecular weight excluding hydrogens is 404 g/mol. The molecule has 4 unspecified atom stereocenters. The highest BCUT2D eigenvalue weighted by Crippen LogP contribution is 2.63. The normalized spacial score (nSPS) is 32.6. The molecule has 2 fully saturated rings. The van der Waals surface area contributed by atoms with E-state index in [1.807, 2.05) is 19.1 Å². The lowest BCUT2D eigenvalue weighted by molar-refractivity contribution is -0.0411. The van der Waals surface area contributed by atoms with Crippen LogP contribution in [0.15, 0.2) is 29.2 Å². The summed E-state index contributed by atoms with van der Waals surface area (Å²) in [6.45, 7) is 16.7. The molecule has 31 heavy (non-hydrogen) atoms. The Morgan fingerprint density at radius 3 is 2.42 bits per heavy atom. The zero-order valence-electron chi connectivity index (χ0n) is 20.8. The maximum absolute atomic E-state index is 12.7. The van der Waals surface area contributed by atoms with Gasteiger partial charge in [0.2, 0.25) is 0 Å². The van der Waals surface area contributed by atoms with Crippen molar-refractivity contribution in [2.24, 2.45) is 40.4 Å². The van der Waals surface area contributed by atoms with Crippen molar-refractivity contribution in [3.63, 3.8) is 0 Å². The van der Waals surface area contributed by atoms with Gasteiger partial charge >= 0.3 is 0 Å². The van der Waals surface area contributed by atoms with Crippen LogP contribution in [-0.2, 0) is 14.3 Å². The fraction of sp³-hybridized carbons (Fsp3) is 0.778. The summed E-state index contributed by atoms with van der Waals surface area (Å²) < 4.78 is 30.9. The van der Waals surface area contributed by atoms with Gasteiger partial charge in [0.1, 0.15) is 0 Å². The van der Waals surface area contributed by atoms with E-state index < -0.39 is 10.1 Å². The quantitative estimate of drug-likeness (QED) is 0.394. The first-order chi connectivity index (χ1) is 14.4. The molecule has 176 valence electrons. The molecule has 1 aromatic carbocycles. The van der Waals surface area contributed by atoms with Gasteiger partial charge < -0.3 is 0 Å². The summed E-state index contributed by atoms with van der Waals surface area (Å²) >= 11 is 0. The molecule has 2 aliphatic carbocycles. The molecule has 2 aliphatic rings. The minimum atomic E-state index is -3.70. The minimum absolute atomic E-state index is 0.239. The van der Waals surface area contributed by atoms with Crippen molar-refractivity contribution in [1.29, 1.82) is 0 Å². The summed E-state index contributed by atoms with van der Waals surface area (Å²) in [6.07, 6.45) is 7.59. The first-order valence-corrected chi connectivity index (χ1v) is 13.8. The Labute approximate surface area is 191 Å². The molecule has 0 spiro atoms. The van der Waals surface area contributed by atoms with E-state index in [0.29, 0.717) is 16.7 Å². The largest absolute Gasteiger partial charge is 0.296 e. The minimum Gasteiger partial charge on any atom is -0.266 e. The van der Waals surface area contributed by atoms with Crippen molar-refractivity contribution in [2.75, 3.05) is 6.61 Å². The van der Waals surface area contributed by atoms with E-state index in [0.717, 1.165) is 23.3 Å². The van der Waals surface area contributed by atoms with Crippen molar-refractivity contribution in [3.8, 4) is 0 Å². The van der Waals surface area contributed by atoms with E-state index in [1.165, 1.54) is 38.5 Å². The monoisotopic (exact) mass is 448 g/mol. The van der Waals surface area contributed by atoms with Crippen LogP contribution in [0.5, 0.6) is 0 Å². The molecule has 0 bridgehead atoms. The van der Waals surface area contributed by atoms with Gasteiger partial charge in [0.05, 0.1) is 11.5 Å². The Balaban J connectivity index is 1.67. The molecule has 0 N–H and O–H groups in total. The Bertz CT molecular complexity index is 842. The van der Waals surface area contributed by atoms with E-state index >= 15 is 0 Å². The van der Waals surface area contributed by atoms with Crippen LogP contribution in [0.4, 0.5) is 0 Å². The van der Waals surface area contributed by atoms with Crippen molar-refractivity contribution in [3.05, 3.63) is 29.8 Å². The Morgan fingerprint density at radius 1 is 1.16 bits per heavy atom. The van der Waals surface area contributed by atoms with Crippen LogP contribution in [0.25, 0.3) is 0 Å². The molecule has 0 amide bonds. The topological polar surface area (TPSA) is 43.4 Å². The van der Waals surface area contributed by atoms with E-state index in [1.54, 1.807) is 12.1 Å². The molecule has 0 saturated heterocycles. The number of rotatable bonds is 8. The predicted molar refractivity (Wildman–Crippen MR) is 128 cm³/mol. The SMILES string of the molecule is CCCC(C)(C)C1CC[C@@]2(C)C(CCC2[C@H](C)COS(=O)(=O)c2ccc(C)cc2)C1C. The second-order valence-electron chi connectivity index (χ2n) is 11.6. The molecule has 2 saturated carbocycles. The van der Waals surface area contributed by atoms with Gasteiger partial charge in [0.25, 0.3) is 10.1 Å². The highest BCUT2D eigenvalue weighted by Gasteiger charge is 2.55. The van der Waals surface area contributed by atoms with E-state index in [2.05, 4.69) is 41.5 Å². The molecule has 3 rings (SSSR count). The van der Waals surface area contributed by atoms with Gasteiger partial charge in [-0.3, -0.25) is 4.18 Å². The molecule has 0 aromatic heterocycles. The van der Waals surface area contributed by atoms with E-state index in [-0.39, 0.29) is 17.4 Å². The van der Waals surface area contributed by atoms with Gasteiger partial charge in [-0.15, -0.1) is 0 Å². The van der Waals surface area contributed by atoms with Crippen LogP contribution < -0.4 is 0 Å². The highest BCUT2D eigenvalue weighted by atomic mass is 32.2. The number of benzene rings is 1. The van der Waals surface area contributed by atoms with Crippen LogP contribution in [0.1, 0.15) is 85.6 Å². The zero-order chi connectivity index (χ0) is 23.0. The van der Waals surface area contributed by atoms with Crippen LogP contribution in [0.3, 0.4) is 0 Å². The molecule has 4 heteroatoms. The summed E-state index contributed by atoms with van der Waals surface area (Å²) in [7, 11) is -3.70. The second-order valence-corrected chi connectivity index (χ2v) is 13.2. The first-order valence-electron chi connectivity index (χ1n) is 12.4. The fourth-order valence-corrected chi connectivity index (χ4v) is 8.49. The lowest BCUT2D eigenvalue weighted by atomic mass is 9.52. The van der Waals surface area contributed by atoms with Gasteiger partial charge in [0, 0.05) is 0 Å². The summed E-state index contributed by atoms with van der Waals surface area (Å²) in [6, 6.07) is 6.93. The highest BCUT2D eigenvalue weighted by molar-refractivity contribution is 7.86. The van der Waals surface area contributed by atoms with Crippen molar-refractivity contribution >= 4 is 10.1 Å². The standard InChI is InChI=1S/C27H44O3S/c1-8-16-26(5,6)24-15-17-27(7)23(13-14-25(27)21(24)4)20(3)18-30-31(28,29)22-11-9-19(2)10-12-22/h9-12,20-21,23-25H,8,13-18H2,1-7H3/t20-,21?,23?,24?,25?,27-/m1/s1. The molecule has 0 heterocycles. The molecule has 3 nitrogen and oxygen atoms in total. The summed E-state index contributed by atoms with van der Waals surface area (Å²) in [4.78, 5) is 0.257. The lowest BCUT2D eigenvalue weighted by Crippen LogP contribution is -2.46. The van der Waals surface area contributed by atoms with Crippen molar-refractivity contribution < 1.29 is 12.6 Å². The van der Waals surface area contributed by atoms with Gasteiger partial charge in [0.15, 0.2) is 0 Å². The third-order valence-electron chi connectivity index (χ3n) is 9.13. The summed E-state index contributed by atoms with van der Waals surface area (Å²) in [5.74, 6) is 3.03. The number of fused-ring (bicyclic) bond motifs is 1. The Hall–Kier alpha value is -0.870. The third-order valence-corrected chi connectivity index (χ3v) is 10.4. The maximum Gasteiger partial charge on any atom is 0.296 e. The second kappa shape index (κ2) is 9.17. The number of aryl methyl sites for hydroxylation is 1. The first kappa shape index (κ1) is 24.8. The van der Waals surface area contributed by atoms with Crippen LogP contribution >= 0.6 is 0 Å². The molecule has 0 radical (unpaired) electrons.